The molecule has 1 aromatic rings. The standard InChI is InChI=1S/C26H40/c1-3-4-22-9-11-24(12-10-22)15-16-26-19-17-25(18-20-26)14-13-23-7-5-21(2)6-8-23/h5-8,17,22,24,26H,3-4,9-16,18-20H2,1-2H3. The van der Waals surface area contributed by atoms with E-state index in [-0.39, 0.29) is 0 Å². The third-order valence-corrected chi connectivity index (χ3v) is 7.12. The molecule has 0 heteroatoms. The maximum Gasteiger partial charge on any atom is -0.0241 e. The average Bonchev–Trinajstić information content (AvgIpc) is 2.68. The van der Waals surface area contributed by atoms with Crippen LogP contribution in [-0.4, -0.2) is 0 Å². The fourth-order valence-corrected chi connectivity index (χ4v) is 5.18. The Morgan fingerprint density at radius 3 is 2.04 bits per heavy atom. The van der Waals surface area contributed by atoms with Crippen LogP contribution >= 0.6 is 0 Å². The molecular weight excluding hydrogens is 312 g/mol. The third kappa shape index (κ3) is 6.29. The Morgan fingerprint density at radius 2 is 1.42 bits per heavy atom. The van der Waals surface area contributed by atoms with E-state index in [1.54, 1.807) is 5.57 Å². The van der Waals surface area contributed by atoms with E-state index in [0.717, 1.165) is 17.8 Å². The van der Waals surface area contributed by atoms with Gasteiger partial charge in [-0.25, -0.2) is 0 Å². The summed E-state index contributed by atoms with van der Waals surface area (Å²) >= 11 is 0. The molecule has 1 atom stereocenters. The third-order valence-electron chi connectivity index (χ3n) is 7.12. The van der Waals surface area contributed by atoms with Crippen molar-refractivity contribution in [1.29, 1.82) is 0 Å². The molecule has 2 aliphatic carbocycles. The van der Waals surface area contributed by atoms with Gasteiger partial charge < -0.3 is 0 Å². The van der Waals surface area contributed by atoms with Crippen LogP contribution in [0.5, 0.6) is 0 Å². The number of hydrogen-bond donors (Lipinski definition) is 0. The molecule has 3 rings (SSSR count). The van der Waals surface area contributed by atoms with Crippen LogP contribution in [0.4, 0.5) is 0 Å². The number of aryl methyl sites for hydroxylation is 2. The highest BCUT2D eigenvalue weighted by Gasteiger charge is 2.22. The van der Waals surface area contributed by atoms with E-state index in [1.807, 2.05) is 0 Å². The van der Waals surface area contributed by atoms with E-state index in [2.05, 4.69) is 44.2 Å². The summed E-state index contributed by atoms with van der Waals surface area (Å²) in [5.74, 6) is 3.09. The SMILES string of the molecule is CCCC1CCC(CCC2CC=C(CCc3ccc(C)cc3)CC2)CC1. The normalized spacial score (nSPS) is 26.5. The van der Waals surface area contributed by atoms with Gasteiger partial charge in [-0.05, 0) is 68.8 Å². The average molecular weight is 353 g/mol. The smallest absolute Gasteiger partial charge is 0.0241 e. The second-order valence-corrected chi connectivity index (χ2v) is 9.24. The van der Waals surface area contributed by atoms with Gasteiger partial charge in [0.25, 0.3) is 0 Å². The van der Waals surface area contributed by atoms with Crippen molar-refractivity contribution in [3.05, 3.63) is 47.0 Å². The van der Waals surface area contributed by atoms with Crippen LogP contribution in [0.1, 0.15) is 95.1 Å². The minimum absolute atomic E-state index is 0.978. The first-order valence-corrected chi connectivity index (χ1v) is 11.5. The molecule has 0 radical (unpaired) electrons. The summed E-state index contributed by atoms with van der Waals surface area (Å²) in [7, 11) is 0. The zero-order valence-corrected chi connectivity index (χ0v) is 17.3. The lowest BCUT2D eigenvalue weighted by molar-refractivity contribution is 0.236. The highest BCUT2D eigenvalue weighted by Crippen LogP contribution is 2.36. The summed E-state index contributed by atoms with van der Waals surface area (Å²) in [6.07, 6.45) is 21.2. The summed E-state index contributed by atoms with van der Waals surface area (Å²) < 4.78 is 0. The number of benzene rings is 1. The first-order valence-electron chi connectivity index (χ1n) is 11.5. The molecule has 0 aromatic heterocycles. The Bertz CT molecular complexity index is 542. The molecule has 26 heavy (non-hydrogen) atoms. The summed E-state index contributed by atoms with van der Waals surface area (Å²) in [5, 5.41) is 0. The molecule has 1 fully saturated rings. The zero-order chi connectivity index (χ0) is 18.2. The molecule has 0 saturated heterocycles. The quantitative estimate of drug-likeness (QED) is 0.415. The van der Waals surface area contributed by atoms with Gasteiger partial charge in [0.1, 0.15) is 0 Å². The van der Waals surface area contributed by atoms with Crippen LogP contribution < -0.4 is 0 Å². The molecule has 0 aliphatic heterocycles. The number of allylic oxidation sites excluding steroid dienone is 2. The van der Waals surface area contributed by atoms with Crippen molar-refractivity contribution >= 4 is 0 Å². The van der Waals surface area contributed by atoms with Crippen LogP contribution in [0.2, 0.25) is 0 Å². The van der Waals surface area contributed by atoms with Gasteiger partial charge in [0.2, 0.25) is 0 Å². The predicted molar refractivity (Wildman–Crippen MR) is 115 cm³/mol. The van der Waals surface area contributed by atoms with E-state index in [9.17, 15) is 0 Å². The Balaban J connectivity index is 1.32. The van der Waals surface area contributed by atoms with Crippen molar-refractivity contribution in [2.45, 2.75) is 97.3 Å². The fraction of sp³-hybridized carbons (Fsp3) is 0.692. The van der Waals surface area contributed by atoms with Gasteiger partial charge in [-0.1, -0.05) is 93.3 Å². The van der Waals surface area contributed by atoms with E-state index in [4.69, 9.17) is 0 Å². The zero-order valence-electron chi connectivity index (χ0n) is 17.3. The van der Waals surface area contributed by atoms with Gasteiger partial charge in [-0.15, -0.1) is 0 Å². The first-order chi connectivity index (χ1) is 12.7. The number of rotatable bonds is 8. The van der Waals surface area contributed by atoms with Crippen molar-refractivity contribution in [2.75, 3.05) is 0 Å². The van der Waals surface area contributed by atoms with Crippen LogP contribution in [-0.2, 0) is 6.42 Å². The highest BCUT2D eigenvalue weighted by atomic mass is 14.3. The maximum absolute atomic E-state index is 2.60. The summed E-state index contributed by atoms with van der Waals surface area (Å²) in [6.45, 7) is 4.52. The second kappa shape index (κ2) is 10.3. The Morgan fingerprint density at radius 1 is 0.769 bits per heavy atom. The molecular formula is C26H40. The van der Waals surface area contributed by atoms with Crippen LogP contribution in [0, 0.1) is 24.7 Å². The van der Waals surface area contributed by atoms with Crippen molar-refractivity contribution in [3.8, 4) is 0 Å². The monoisotopic (exact) mass is 352 g/mol. The topological polar surface area (TPSA) is 0 Å². The van der Waals surface area contributed by atoms with Gasteiger partial charge in [-0.2, -0.15) is 0 Å². The van der Waals surface area contributed by atoms with Crippen molar-refractivity contribution in [3.63, 3.8) is 0 Å². The van der Waals surface area contributed by atoms with Gasteiger partial charge >= 0.3 is 0 Å². The molecule has 0 N–H and O–H groups in total. The van der Waals surface area contributed by atoms with Gasteiger partial charge in [0.05, 0.1) is 0 Å². The lowest BCUT2D eigenvalue weighted by atomic mass is 9.76. The second-order valence-electron chi connectivity index (χ2n) is 9.24. The van der Waals surface area contributed by atoms with Crippen molar-refractivity contribution in [1.82, 2.24) is 0 Å². The molecule has 1 saturated carbocycles. The molecule has 2 aliphatic rings. The molecule has 1 aromatic carbocycles. The van der Waals surface area contributed by atoms with E-state index >= 15 is 0 Å². The molecule has 144 valence electrons. The summed E-state index contributed by atoms with van der Waals surface area (Å²) in [6, 6.07) is 9.10. The lowest BCUT2D eigenvalue weighted by Gasteiger charge is -2.30. The van der Waals surface area contributed by atoms with Crippen LogP contribution in [0.15, 0.2) is 35.9 Å². The minimum atomic E-state index is 0.978. The van der Waals surface area contributed by atoms with E-state index in [0.29, 0.717) is 0 Å². The largest absolute Gasteiger partial charge is 0.0850 e. The molecule has 0 spiro atoms. The maximum atomic E-state index is 2.60. The predicted octanol–water partition coefficient (Wildman–Crippen LogP) is 8.04. The van der Waals surface area contributed by atoms with Gasteiger partial charge in [-0.3, -0.25) is 0 Å². The molecule has 0 amide bonds. The number of hydrogen-bond acceptors (Lipinski definition) is 0. The van der Waals surface area contributed by atoms with Gasteiger partial charge in [0.15, 0.2) is 0 Å². The Kier molecular flexibility index (Phi) is 7.84. The van der Waals surface area contributed by atoms with E-state index < -0.39 is 0 Å². The molecule has 1 unspecified atom stereocenters. The van der Waals surface area contributed by atoms with E-state index in [1.165, 1.54) is 94.6 Å². The molecule has 0 nitrogen and oxygen atoms in total. The summed E-state index contributed by atoms with van der Waals surface area (Å²) in [4.78, 5) is 0. The highest BCUT2D eigenvalue weighted by molar-refractivity contribution is 5.22. The molecule has 0 bridgehead atoms. The van der Waals surface area contributed by atoms with Gasteiger partial charge in [0, 0.05) is 0 Å². The van der Waals surface area contributed by atoms with Crippen molar-refractivity contribution < 1.29 is 0 Å². The van der Waals surface area contributed by atoms with Crippen LogP contribution in [0.25, 0.3) is 0 Å². The summed E-state index contributed by atoms with van der Waals surface area (Å²) in [5.41, 5.74) is 4.59. The Labute approximate surface area is 162 Å². The Hall–Kier alpha value is -1.04. The van der Waals surface area contributed by atoms with Crippen LogP contribution in [0.3, 0.4) is 0 Å². The minimum Gasteiger partial charge on any atom is -0.0850 e. The van der Waals surface area contributed by atoms with Crippen molar-refractivity contribution in [2.24, 2.45) is 17.8 Å². The molecule has 0 heterocycles. The lowest BCUT2D eigenvalue weighted by Crippen LogP contribution is -2.16. The first kappa shape index (κ1) is 19.7. The fourth-order valence-electron chi connectivity index (χ4n) is 5.18.